The van der Waals surface area contributed by atoms with Gasteiger partial charge in [0, 0.05) is 18.2 Å². The number of nitrogens with one attached hydrogen (secondary N) is 1. The summed E-state index contributed by atoms with van der Waals surface area (Å²) in [6.07, 6.45) is 1.35. The summed E-state index contributed by atoms with van der Waals surface area (Å²) in [7, 11) is 0. The first kappa shape index (κ1) is 16.8. The number of ether oxygens (including phenoxy) is 1. The van der Waals surface area contributed by atoms with E-state index < -0.39 is 23.3 Å². The fourth-order valence-electron chi connectivity index (χ4n) is 2.11. The average molecular weight is 348 g/mol. The van der Waals surface area contributed by atoms with E-state index in [1.54, 1.807) is 0 Å². The van der Waals surface area contributed by atoms with Crippen molar-refractivity contribution in [2.24, 2.45) is 0 Å². The third-order valence-corrected chi connectivity index (χ3v) is 3.40. The molecule has 0 unspecified atom stereocenters. The van der Waals surface area contributed by atoms with Crippen LogP contribution in [0.4, 0.5) is 23.2 Å². The molecular formula is C18H12F4N2O. The molecule has 0 saturated heterocycles. The van der Waals surface area contributed by atoms with Crippen molar-refractivity contribution in [3.8, 4) is 11.6 Å². The summed E-state index contributed by atoms with van der Waals surface area (Å²) < 4.78 is 58.9. The van der Waals surface area contributed by atoms with Gasteiger partial charge in [-0.1, -0.05) is 12.1 Å². The Hall–Kier alpha value is -3.09. The van der Waals surface area contributed by atoms with Crippen LogP contribution >= 0.6 is 0 Å². The summed E-state index contributed by atoms with van der Waals surface area (Å²) in [5, 5.41) is 2.82. The second-order valence-electron chi connectivity index (χ2n) is 5.09. The molecule has 0 amide bonds. The quantitative estimate of drug-likeness (QED) is 0.656. The van der Waals surface area contributed by atoms with Crippen LogP contribution in [0.5, 0.6) is 11.6 Å². The van der Waals surface area contributed by atoms with Crippen molar-refractivity contribution in [1.29, 1.82) is 0 Å². The Kier molecular flexibility index (Phi) is 4.83. The van der Waals surface area contributed by atoms with Gasteiger partial charge in [-0.05, 0) is 30.3 Å². The predicted molar refractivity (Wildman–Crippen MR) is 84.4 cm³/mol. The highest BCUT2D eigenvalue weighted by molar-refractivity contribution is 5.43. The number of pyridine rings is 1. The second-order valence-corrected chi connectivity index (χ2v) is 5.09. The highest BCUT2D eigenvalue weighted by Crippen LogP contribution is 2.25. The number of anilines is 1. The number of aromatic nitrogens is 1. The molecule has 7 heteroatoms. The molecule has 1 aromatic heterocycles. The Bertz CT molecular complexity index is 864. The van der Waals surface area contributed by atoms with Gasteiger partial charge in [-0.3, -0.25) is 0 Å². The van der Waals surface area contributed by atoms with E-state index in [1.807, 2.05) is 0 Å². The van der Waals surface area contributed by atoms with Gasteiger partial charge in [-0.15, -0.1) is 0 Å². The van der Waals surface area contributed by atoms with Crippen molar-refractivity contribution < 1.29 is 22.3 Å². The fourth-order valence-corrected chi connectivity index (χ4v) is 2.11. The van der Waals surface area contributed by atoms with E-state index in [1.165, 1.54) is 48.7 Å². The Morgan fingerprint density at radius 3 is 2.20 bits per heavy atom. The van der Waals surface area contributed by atoms with Gasteiger partial charge in [0.25, 0.3) is 0 Å². The molecule has 3 nitrogen and oxygen atoms in total. The summed E-state index contributed by atoms with van der Waals surface area (Å²) in [4.78, 5) is 3.94. The maximum Gasteiger partial charge on any atom is 0.219 e. The topological polar surface area (TPSA) is 34.1 Å². The van der Waals surface area contributed by atoms with Gasteiger partial charge >= 0.3 is 0 Å². The largest absolute Gasteiger partial charge is 0.436 e. The lowest BCUT2D eigenvalue weighted by Crippen LogP contribution is -2.04. The first-order valence-electron chi connectivity index (χ1n) is 7.29. The molecule has 1 N–H and O–H groups in total. The van der Waals surface area contributed by atoms with Gasteiger partial charge in [0.2, 0.25) is 11.7 Å². The van der Waals surface area contributed by atoms with E-state index in [-0.39, 0.29) is 23.7 Å². The standard InChI is InChI=1S/C18H12F4N2O/c19-13-3-1-4-14(20)12(13)10-23-11-7-8-17(24-9-11)25-16-6-2-5-15(21)18(16)22/h1-9,23H,10H2. The lowest BCUT2D eigenvalue weighted by atomic mass is 10.2. The van der Waals surface area contributed by atoms with Crippen molar-refractivity contribution in [3.05, 3.63) is 83.6 Å². The maximum absolute atomic E-state index is 13.5. The van der Waals surface area contributed by atoms with Gasteiger partial charge in [0.05, 0.1) is 11.9 Å². The molecule has 0 saturated carbocycles. The molecule has 0 fully saturated rings. The minimum atomic E-state index is -1.11. The van der Waals surface area contributed by atoms with E-state index in [4.69, 9.17) is 4.74 Å². The Morgan fingerprint density at radius 1 is 0.840 bits per heavy atom. The smallest absolute Gasteiger partial charge is 0.219 e. The first-order valence-corrected chi connectivity index (χ1v) is 7.29. The van der Waals surface area contributed by atoms with Crippen molar-refractivity contribution >= 4 is 5.69 Å². The molecule has 3 rings (SSSR count). The van der Waals surface area contributed by atoms with E-state index in [0.29, 0.717) is 5.69 Å². The van der Waals surface area contributed by atoms with Gasteiger partial charge in [0.1, 0.15) is 11.6 Å². The van der Waals surface area contributed by atoms with Crippen LogP contribution in [0.1, 0.15) is 5.56 Å². The lowest BCUT2D eigenvalue weighted by Gasteiger charge is -2.09. The molecule has 0 aliphatic carbocycles. The molecule has 25 heavy (non-hydrogen) atoms. The van der Waals surface area contributed by atoms with E-state index >= 15 is 0 Å². The number of benzene rings is 2. The molecule has 0 aliphatic heterocycles. The minimum absolute atomic E-state index is 0.0483. The van der Waals surface area contributed by atoms with E-state index in [2.05, 4.69) is 10.3 Å². The predicted octanol–water partition coefficient (Wildman–Crippen LogP) is 5.04. The zero-order valence-electron chi connectivity index (χ0n) is 12.8. The van der Waals surface area contributed by atoms with Crippen molar-refractivity contribution in [3.63, 3.8) is 0 Å². The third kappa shape index (κ3) is 3.88. The summed E-state index contributed by atoms with van der Waals surface area (Å²) in [5.41, 5.74) is 0.388. The Morgan fingerprint density at radius 2 is 1.52 bits per heavy atom. The number of hydrogen-bond donors (Lipinski definition) is 1. The van der Waals surface area contributed by atoms with E-state index in [0.717, 1.165) is 6.07 Å². The lowest BCUT2D eigenvalue weighted by molar-refractivity contribution is 0.405. The molecule has 128 valence electrons. The minimum Gasteiger partial charge on any atom is -0.436 e. The van der Waals surface area contributed by atoms with Crippen LogP contribution in [-0.2, 0) is 6.54 Å². The third-order valence-electron chi connectivity index (χ3n) is 3.40. The van der Waals surface area contributed by atoms with Crippen LogP contribution < -0.4 is 10.1 Å². The molecule has 1 heterocycles. The summed E-state index contributed by atoms with van der Waals surface area (Å²) >= 11 is 0. The number of halogens is 4. The molecule has 3 aromatic rings. The monoisotopic (exact) mass is 348 g/mol. The molecule has 0 aliphatic rings. The highest BCUT2D eigenvalue weighted by Gasteiger charge is 2.11. The van der Waals surface area contributed by atoms with Crippen LogP contribution in [0, 0.1) is 23.3 Å². The van der Waals surface area contributed by atoms with Crippen molar-refractivity contribution in [2.75, 3.05) is 5.32 Å². The highest BCUT2D eigenvalue weighted by atomic mass is 19.2. The Balaban J connectivity index is 1.67. The van der Waals surface area contributed by atoms with Crippen LogP contribution in [0.2, 0.25) is 0 Å². The second kappa shape index (κ2) is 7.21. The van der Waals surface area contributed by atoms with Gasteiger partial charge in [-0.2, -0.15) is 4.39 Å². The zero-order chi connectivity index (χ0) is 17.8. The van der Waals surface area contributed by atoms with Crippen LogP contribution in [0.25, 0.3) is 0 Å². The summed E-state index contributed by atoms with van der Waals surface area (Å²) in [6.45, 7) is -0.0705. The first-order chi connectivity index (χ1) is 12.0. The summed E-state index contributed by atoms with van der Waals surface area (Å²) in [5.74, 6) is -3.68. The van der Waals surface area contributed by atoms with Crippen molar-refractivity contribution in [1.82, 2.24) is 4.98 Å². The van der Waals surface area contributed by atoms with Crippen molar-refractivity contribution in [2.45, 2.75) is 6.54 Å². The number of hydrogen-bond acceptors (Lipinski definition) is 3. The van der Waals surface area contributed by atoms with Crippen LogP contribution in [0.3, 0.4) is 0 Å². The van der Waals surface area contributed by atoms with Gasteiger partial charge in [0.15, 0.2) is 11.6 Å². The van der Waals surface area contributed by atoms with Gasteiger partial charge < -0.3 is 10.1 Å². The molecule has 2 aromatic carbocycles. The Labute approximate surface area is 140 Å². The molecular weight excluding hydrogens is 336 g/mol. The molecule has 0 atom stereocenters. The average Bonchev–Trinajstić information content (AvgIpc) is 2.60. The molecule has 0 bridgehead atoms. The molecule has 0 spiro atoms. The fraction of sp³-hybridized carbons (Fsp3) is 0.0556. The van der Waals surface area contributed by atoms with E-state index in [9.17, 15) is 17.6 Å². The number of nitrogens with zero attached hydrogens (tertiary/aromatic N) is 1. The maximum atomic E-state index is 13.5. The van der Waals surface area contributed by atoms with Gasteiger partial charge in [-0.25, -0.2) is 18.2 Å². The van der Waals surface area contributed by atoms with Crippen LogP contribution in [0.15, 0.2) is 54.7 Å². The number of rotatable bonds is 5. The molecule has 0 radical (unpaired) electrons. The van der Waals surface area contributed by atoms with Crippen LogP contribution in [-0.4, -0.2) is 4.98 Å². The SMILES string of the molecule is Fc1cccc(Oc2ccc(NCc3c(F)cccc3F)cn2)c1F. The normalized spacial score (nSPS) is 10.6. The summed E-state index contributed by atoms with van der Waals surface area (Å²) in [6, 6.07) is 10.1. The zero-order valence-corrected chi connectivity index (χ0v) is 12.8.